The van der Waals surface area contributed by atoms with E-state index >= 15 is 0 Å². The van der Waals surface area contributed by atoms with Crippen molar-refractivity contribution >= 4 is 29.0 Å². The number of halogens is 1. The fourth-order valence-corrected chi connectivity index (χ4v) is 2.23. The molecule has 0 aliphatic rings. The molecule has 0 spiro atoms. The molecule has 0 radical (unpaired) electrons. The van der Waals surface area contributed by atoms with Crippen LogP contribution in [0.5, 0.6) is 0 Å². The molecule has 2 aromatic rings. The van der Waals surface area contributed by atoms with E-state index in [0.717, 1.165) is 17.3 Å². The van der Waals surface area contributed by atoms with Gasteiger partial charge in [-0.2, -0.15) is 4.98 Å². The third-order valence-corrected chi connectivity index (χ3v) is 3.09. The Morgan fingerprint density at radius 1 is 1.53 bits per heavy atom. The van der Waals surface area contributed by atoms with Crippen molar-refractivity contribution in [3.63, 3.8) is 0 Å². The minimum Gasteiger partial charge on any atom is -0.337 e. The lowest BCUT2D eigenvalue weighted by atomic mass is 10.3. The lowest BCUT2D eigenvalue weighted by molar-refractivity contribution is 0.425. The van der Waals surface area contributed by atoms with Crippen molar-refractivity contribution in [2.24, 2.45) is 0 Å². The molecule has 0 fully saturated rings. The van der Waals surface area contributed by atoms with Gasteiger partial charge >= 0.3 is 6.01 Å². The number of rotatable bonds is 4. The van der Waals surface area contributed by atoms with Gasteiger partial charge in [-0.1, -0.05) is 16.8 Å². The van der Waals surface area contributed by atoms with E-state index in [1.165, 1.54) is 4.88 Å². The van der Waals surface area contributed by atoms with Crippen LogP contribution in [0.2, 0.25) is 4.34 Å². The first-order chi connectivity index (χ1) is 7.24. The summed E-state index contributed by atoms with van der Waals surface area (Å²) in [6.07, 6.45) is 0.902. The van der Waals surface area contributed by atoms with Crippen molar-refractivity contribution in [3.05, 3.63) is 27.2 Å². The molecule has 0 saturated heterocycles. The summed E-state index contributed by atoms with van der Waals surface area (Å²) in [5.74, 6) is 0.636. The fourth-order valence-electron chi connectivity index (χ4n) is 1.15. The Kier molecular flexibility index (Phi) is 3.23. The van der Waals surface area contributed by atoms with E-state index in [4.69, 9.17) is 16.1 Å². The van der Waals surface area contributed by atoms with Gasteiger partial charge < -0.3 is 9.84 Å². The zero-order valence-corrected chi connectivity index (χ0v) is 9.73. The second-order valence-electron chi connectivity index (χ2n) is 3.03. The van der Waals surface area contributed by atoms with E-state index in [-0.39, 0.29) is 0 Å². The highest BCUT2D eigenvalue weighted by Crippen LogP contribution is 2.21. The molecule has 0 aromatic carbocycles. The van der Waals surface area contributed by atoms with Crippen LogP contribution in [-0.2, 0) is 6.42 Å². The molecule has 2 heterocycles. The Bertz CT molecular complexity index is 400. The van der Waals surface area contributed by atoms with E-state index in [0.29, 0.717) is 11.8 Å². The lowest BCUT2D eigenvalue weighted by Crippen LogP contribution is -2.03. The Morgan fingerprint density at radius 2 is 2.40 bits per heavy atom. The minimum absolute atomic E-state index is 0.468. The largest absolute Gasteiger partial charge is 0.337 e. The third kappa shape index (κ3) is 2.94. The summed E-state index contributed by atoms with van der Waals surface area (Å²) >= 11 is 7.40. The molecular formula is C9H10ClN3OS. The average molecular weight is 244 g/mol. The van der Waals surface area contributed by atoms with Crippen LogP contribution in [0.4, 0.5) is 6.01 Å². The van der Waals surface area contributed by atoms with Gasteiger partial charge in [0.25, 0.3) is 0 Å². The number of nitrogens with zero attached hydrogens (tertiary/aromatic N) is 2. The molecule has 0 aliphatic carbocycles. The molecule has 0 bridgehead atoms. The van der Waals surface area contributed by atoms with E-state index in [1.54, 1.807) is 18.3 Å². The molecule has 0 atom stereocenters. The second kappa shape index (κ2) is 4.63. The van der Waals surface area contributed by atoms with Gasteiger partial charge in [-0.05, 0) is 25.5 Å². The van der Waals surface area contributed by atoms with E-state index < -0.39 is 0 Å². The highest BCUT2D eigenvalue weighted by atomic mass is 35.5. The summed E-state index contributed by atoms with van der Waals surface area (Å²) in [6, 6.07) is 4.39. The van der Waals surface area contributed by atoms with Crippen LogP contribution in [0.1, 0.15) is 10.7 Å². The molecular weight excluding hydrogens is 234 g/mol. The molecule has 0 unspecified atom stereocenters. The van der Waals surface area contributed by atoms with Crippen LogP contribution < -0.4 is 5.32 Å². The van der Waals surface area contributed by atoms with Crippen molar-refractivity contribution in [1.82, 2.24) is 10.1 Å². The zero-order chi connectivity index (χ0) is 10.7. The highest BCUT2D eigenvalue weighted by molar-refractivity contribution is 7.16. The number of nitrogens with one attached hydrogen (secondary N) is 1. The van der Waals surface area contributed by atoms with Crippen LogP contribution in [0, 0.1) is 6.92 Å². The monoisotopic (exact) mass is 243 g/mol. The summed E-state index contributed by atoms with van der Waals surface area (Å²) in [6.45, 7) is 2.55. The Hall–Kier alpha value is -1.07. The molecule has 1 N–H and O–H groups in total. The Balaban J connectivity index is 1.80. The molecule has 4 nitrogen and oxygen atoms in total. The van der Waals surface area contributed by atoms with E-state index in [1.807, 2.05) is 12.1 Å². The van der Waals surface area contributed by atoms with Gasteiger partial charge in [0.05, 0.1) is 4.34 Å². The maximum absolute atomic E-state index is 5.82. The van der Waals surface area contributed by atoms with Crippen LogP contribution in [-0.4, -0.2) is 16.7 Å². The molecule has 2 aromatic heterocycles. The third-order valence-electron chi connectivity index (χ3n) is 1.80. The number of anilines is 1. The molecule has 0 amide bonds. The first-order valence-electron chi connectivity index (χ1n) is 4.52. The fraction of sp³-hybridized carbons (Fsp3) is 0.333. The van der Waals surface area contributed by atoms with Crippen LogP contribution in [0.3, 0.4) is 0 Å². The smallest absolute Gasteiger partial charge is 0.321 e. The van der Waals surface area contributed by atoms with Gasteiger partial charge in [0.1, 0.15) is 0 Å². The Morgan fingerprint density at radius 3 is 3.00 bits per heavy atom. The number of aromatic nitrogens is 2. The summed E-state index contributed by atoms with van der Waals surface area (Å²) in [5.41, 5.74) is 0. The zero-order valence-electron chi connectivity index (χ0n) is 8.16. The highest BCUT2D eigenvalue weighted by Gasteiger charge is 2.02. The molecule has 0 saturated carbocycles. The summed E-state index contributed by atoms with van der Waals surface area (Å²) in [7, 11) is 0. The predicted octanol–water partition coefficient (Wildman–Crippen LogP) is 2.75. The topological polar surface area (TPSA) is 51.0 Å². The standard InChI is InChI=1S/C9H10ClN3OS/c1-6-12-9(14-13-6)11-5-4-7-2-3-8(10)15-7/h2-3H,4-5H2,1H3,(H,11,12,13). The van der Waals surface area contributed by atoms with Crippen LogP contribution in [0.25, 0.3) is 0 Å². The van der Waals surface area contributed by atoms with E-state index in [9.17, 15) is 0 Å². The first-order valence-corrected chi connectivity index (χ1v) is 5.72. The maximum Gasteiger partial charge on any atom is 0.321 e. The van der Waals surface area contributed by atoms with Crippen LogP contribution >= 0.6 is 22.9 Å². The van der Waals surface area contributed by atoms with Gasteiger partial charge in [0.15, 0.2) is 5.82 Å². The van der Waals surface area contributed by atoms with Crippen molar-refractivity contribution in [1.29, 1.82) is 0 Å². The molecule has 80 valence electrons. The molecule has 6 heteroatoms. The SMILES string of the molecule is Cc1noc(NCCc2ccc(Cl)s2)n1. The maximum atomic E-state index is 5.82. The van der Waals surface area contributed by atoms with Gasteiger partial charge in [-0.15, -0.1) is 11.3 Å². The van der Waals surface area contributed by atoms with Crippen molar-refractivity contribution < 1.29 is 4.52 Å². The second-order valence-corrected chi connectivity index (χ2v) is 4.83. The molecule has 15 heavy (non-hydrogen) atoms. The summed E-state index contributed by atoms with van der Waals surface area (Å²) in [5, 5.41) is 6.73. The number of hydrogen-bond acceptors (Lipinski definition) is 5. The first kappa shape index (κ1) is 10.4. The summed E-state index contributed by atoms with van der Waals surface area (Å²) in [4.78, 5) is 5.28. The van der Waals surface area contributed by atoms with Gasteiger partial charge in [0, 0.05) is 11.4 Å². The molecule has 2 rings (SSSR count). The normalized spacial score (nSPS) is 10.5. The van der Waals surface area contributed by atoms with Gasteiger partial charge in [-0.3, -0.25) is 0 Å². The van der Waals surface area contributed by atoms with Crippen molar-refractivity contribution in [2.75, 3.05) is 11.9 Å². The van der Waals surface area contributed by atoms with Crippen molar-refractivity contribution in [3.8, 4) is 0 Å². The number of thiophene rings is 1. The minimum atomic E-state index is 0.468. The van der Waals surface area contributed by atoms with Crippen molar-refractivity contribution in [2.45, 2.75) is 13.3 Å². The quantitative estimate of drug-likeness (QED) is 0.897. The molecule has 0 aliphatic heterocycles. The Labute approximate surface area is 96.3 Å². The van der Waals surface area contributed by atoms with E-state index in [2.05, 4.69) is 15.5 Å². The van der Waals surface area contributed by atoms with Gasteiger partial charge in [0.2, 0.25) is 0 Å². The lowest BCUT2D eigenvalue weighted by Gasteiger charge is -1.97. The average Bonchev–Trinajstić information content (AvgIpc) is 2.76. The predicted molar refractivity (Wildman–Crippen MR) is 60.6 cm³/mol. The number of hydrogen-bond donors (Lipinski definition) is 1. The van der Waals surface area contributed by atoms with Crippen LogP contribution in [0.15, 0.2) is 16.7 Å². The number of aryl methyl sites for hydroxylation is 1. The summed E-state index contributed by atoms with van der Waals surface area (Å²) < 4.78 is 5.73. The van der Waals surface area contributed by atoms with Gasteiger partial charge in [-0.25, -0.2) is 0 Å².